The molecular formula is C21H33IN4O2. The first-order valence-electron chi connectivity index (χ1n) is 10.1. The van der Waals surface area contributed by atoms with E-state index in [1.807, 2.05) is 6.92 Å². The smallest absolute Gasteiger partial charge is 0.407 e. The van der Waals surface area contributed by atoms with Crippen molar-refractivity contribution in [2.75, 3.05) is 26.7 Å². The summed E-state index contributed by atoms with van der Waals surface area (Å²) in [5.41, 5.74) is 1.61. The second-order valence-corrected chi connectivity index (χ2v) is 7.62. The first-order chi connectivity index (χ1) is 13.2. The molecule has 0 saturated heterocycles. The highest BCUT2D eigenvalue weighted by molar-refractivity contribution is 14.0. The molecule has 0 spiro atoms. The zero-order valence-corrected chi connectivity index (χ0v) is 19.2. The van der Waals surface area contributed by atoms with Crippen molar-refractivity contribution in [2.45, 2.75) is 50.5 Å². The van der Waals surface area contributed by atoms with E-state index in [9.17, 15) is 4.79 Å². The number of hydrogen-bond donors (Lipinski definition) is 3. The topological polar surface area (TPSA) is 74.8 Å². The number of hydrogen-bond acceptors (Lipinski definition) is 3. The molecule has 0 heterocycles. The number of halogens is 1. The summed E-state index contributed by atoms with van der Waals surface area (Å²) in [6.45, 7) is 3.73. The van der Waals surface area contributed by atoms with Crippen LogP contribution in [0.25, 0.3) is 0 Å². The molecule has 28 heavy (non-hydrogen) atoms. The summed E-state index contributed by atoms with van der Waals surface area (Å²) in [6, 6.07) is 10.8. The molecule has 1 unspecified atom stereocenters. The molecule has 156 valence electrons. The third-order valence-electron chi connectivity index (χ3n) is 5.77. The molecule has 1 aromatic carbocycles. The van der Waals surface area contributed by atoms with Crippen molar-refractivity contribution in [2.24, 2.45) is 10.9 Å². The molecule has 1 aromatic rings. The highest BCUT2D eigenvalue weighted by atomic mass is 127. The van der Waals surface area contributed by atoms with Gasteiger partial charge in [0.2, 0.25) is 0 Å². The fourth-order valence-corrected chi connectivity index (χ4v) is 3.80. The molecule has 2 saturated carbocycles. The van der Waals surface area contributed by atoms with Crippen LogP contribution < -0.4 is 16.0 Å². The molecule has 1 amide bonds. The van der Waals surface area contributed by atoms with Crippen LogP contribution in [0.1, 0.15) is 44.6 Å². The Labute approximate surface area is 185 Å². The molecule has 0 radical (unpaired) electrons. The number of carbonyl (C=O) groups excluding carboxylic acids is 1. The molecule has 0 bridgehead atoms. The molecule has 2 aliphatic carbocycles. The van der Waals surface area contributed by atoms with E-state index in [0.717, 1.165) is 25.3 Å². The molecule has 3 N–H and O–H groups in total. The highest BCUT2D eigenvalue weighted by Gasteiger charge is 2.38. The Morgan fingerprint density at radius 2 is 1.96 bits per heavy atom. The molecule has 0 aromatic heterocycles. The van der Waals surface area contributed by atoms with Crippen LogP contribution >= 0.6 is 24.0 Å². The van der Waals surface area contributed by atoms with Gasteiger partial charge in [0.15, 0.2) is 5.96 Å². The predicted molar refractivity (Wildman–Crippen MR) is 123 cm³/mol. The van der Waals surface area contributed by atoms with E-state index in [4.69, 9.17) is 4.74 Å². The lowest BCUT2D eigenvalue weighted by molar-refractivity contribution is 0.146. The van der Waals surface area contributed by atoms with Gasteiger partial charge in [-0.2, -0.15) is 0 Å². The maximum absolute atomic E-state index is 11.8. The summed E-state index contributed by atoms with van der Waals surface area (Å²) in [6.07, 6.45) is 5.66. The van der Waals surface area contributed by atoms with Crippen molar-refractivity contribution in [1.82, 2.24) is 16.0 Å². The van der Waals surface area contributed by atoms with Crippen LogP contribution in [0.3, 0.4) is 0 Å². The van der Waals surface area contributed by atoms with Crippen LogP contribution in [-0.4, -0.2) is 44.8 Å². The van der Waals surface area contributed by atoms with Crippen LogP contribution in [0.15, 0.2) is 35.3 Å². The third kappa shape index (κ3) is 5.99. The summed E-state index contributed by atoms with van der Waals surface area (Å²) in [4.78, 5) is 16.1. The lowest BCUT2D eigenvalue weighted by atomic mass is 9.64. The number of nitrogens with zero attached hydrogens (tertiary/aromatic N) is 1. The Balaban J connectivity index is 0.00000280. The van der Waals surface area contributed by atoms with E-state index < -0.39 is 0 Å². The highest BCUT2D eigenvalue weighted by Crippen LogP contribution is 2.43. The lowest BCUT2D eigenvalue weighted by Gasteiger charge is -2.43. The number of rotatable bonds is 8. The number of ether oxygens (including phenoxy) is 1. The van der Waals surface area contributed by atoms with Gasteiger partial charge in [0, 0.05) is 25.6 Å². The molecule has 1 atom stereocenters. The van der Waals surface area contributed by atoms with Gasteiger partial charge in [-0.1, -0.05) is 36.8 Å². The Morgan fingerprint density at radius 3 is 2.50 bits per heavy atom. The van der Waals surface area contributed by atoms with E-state index >= 15 is 0 Å². The molecule has 6 nitrogen and oxygen atoms in total. The van der Waals surface area contributed by atoms with Gasteiger partial charge >= 0.3 is 6.09 Å². The molecule has 7 heteroatoms. The summed E-state index contributed by atoms with van der Waals surface area (Å²) in [5, 5.41) is 9.85. The standard InChI is InChI=1S/C21H32N4O2.HI/c1-3-27-20(26)25-18(16-10-11-16)14-23-19(22-2)24-15-21(12-7-13-21)17-8-5-4-6-9-17;/h4-6,8-9,16,18H,3,7,10-15H2,1-2H3,(H,25,26)(H2,22,23,24);1H. The average Bonchev–Trinajstić information content (AvgIpc) is 3.48. The van der Waals surface area contributed by atoms with Gasteiger partial charge in [0.25, 0.3) is 0 Å². The molecule has 3 rings (SSSR count). The minimum Gasteiger partial charge on any atom is -0.450 e. The quantitative estimate of drug-likeness (QED) is 0.291. The van der Waals surface area contributed by atoms with Gasteiger partial charge < -0.3 is 20.7 Å². The van der Waals surface area contributed by atoms with Crippen molar-refractivity contribution < 1.29 is 9.53 Å². The number of aliphatic imine (C=N–C) groups is 1. The van der Waals surface area contributed by atoms with Crippen LogP contribution in [0, 0.1) is 5.92 Å². The van der Waals surface area contributed by atoms with E-state index in [2.05, 4.69) is 51.3 Å². The second kappa shape index (κ2) is 10.9. The molecule has 2 fully saturated rings. The van der Waals surface area contributed by atoms with E-state index in [1.54, 1.807) is 7.05 Å². The first-order valence-corrected chi connectivity index (χ1v) is 10.1. The minimum absolute atomic E-state index is 0. The Kier molecular flexibility index (Phi) is 8.85. The fraction of sp³-hybridized carbons (Fsp3) is 0.619. The third-order valence-corrected chi connectivity index (χ3v) is 5.77. The largest absolute Gasteiger partial charge is 0.450 e. The monoisotopic (exact) mass is 500 g/mol. The predicted octanol–water partition coefficient (Wildman–Crippen LogP) is 3.42. The number of guanidine groups is 1. The zero-order valence-electron chi connectivity index (χ0n) is 16.9. The van der Waals surface area contributed by atoms with Crippen LogP contribution in [0.4, 0.5) is 4.79 Å². The number of amides is 1. The summed E-state index contributed by atoms with van der Waals surface area (Å²) in [7, 11) is 1.79. The van der Waals surface area contributed by atoms with Crippen LogP contribution in [0.5, 0.6) is 0 Å². The van der Waals surface area contributed by atoms with E-state index in [0.29, 0.717) is 19.1 Å². The second-order valence-electron chi connectivity index (χ2n) is 7.62. The Hall–Kier alpha value is -1.51. The normalized spacial score (nSPS) is 18.9. The van der Waals surface area contributed by atoms with E-state index in [1.165, 1.54) is 24.8 Å². The summed E-state index contributed by atoms with van der Waals surface area (Å²) >= 11 is 0. The van der Waals surface area contributed by atoms with Crippen molar-refractivity contribution in [3.63, 3.8) is 0 Å². The van der Waals surface area contributed by atoms with Crippen molar-refractivity contribution in [1.29, 1.82) is 0 Å². The molecular weight excluding hydrogens is 467 g/mol. The molecule has 0 aliphatic heterocycles. The summed E-state index contributed by atoms with van der Waals surface area (Å²) < 4.78 is 5.02. The van der Waals surface area contributed by atoms with Crippen molar-refractivity contribution >= 4 is 36.0 Å². The average molecular weight is 500 g/mol. The number of carbonyl (C=O) groups is 1. The Morgan fingerprint density at radius 1 is 1.25 bits per heavy atom. The maximum Gasteiger partial charge on any atom is 0.407 e. The Bertz CT molecular complexity index is 645. The first kappa shape index (κ1) is 22.8. The van der Waals surface area contributed by atoms with Gasteiger partial charge in [-0.25, -0.2) is 4.79 Å². The van der Waals surface area contributed by atoms with Crippen molar-refractivity contribution in [3.8, 4) is 0 Å². The minimum atomic E-state index is -0.336. The van der Waals surface area contributed by atoms with Crippen LogP contribution in [-0.2, 0) is 10.2 Å². The van der Waals surface area contributed by atoms with E-state index in [-0.39, 0.29) is 41.5 Å². The number of benzene rings is 1. The fourth-order valence-electron chi connectivity index (χ4n) is 3.80. The van der Waals surface area contributed by atoms with Gasteiger partial charge in [-0.3, -0.25) is 4.99 Å². The summed E-state index contributed by atoms with van der Waals surface area (Å²) in [5.74, 6) is 1.32. The van der Waals surface area contributed by atoms with Crippen molar-refractivity contribution in [3.05, 3.63) is 35.9 Å². The van der Waals surface area contributed by atoms with Gasteiger partial charge in [-0.05, 0) is 44.1 Å². The number of alkyl carbamates (subject to hydrolysis) is 1. The number of nitrogens with one attached hydrogen (secondary N) is 3. The SMILES string of the molecule is CCOC(=O)NC(CNC(=NC)NCC1(c2ccccc2)CCC1)C1CC1.I. The van der Waals surface area contributed by atoms with Gasteiger partial charge in [0.1, 0.15) is 0 Å². The molecule has 2 aliphatic rings. The van der Waals surface area contributed by atoms with Gasteiger partial charge in [0.05, 0.1) is 12.6 Å². The van der Waals surface area contributed by atoms with Gasteiger partial charge in [-0.15, -0.1) is 24.0 Å². The lowest BCUT2D eigenvalue weighted by Crippen LogP contribution is -2.52. The maximum atomic E-state index is 11.8. The van der Waals surface area contributed by atoms with Crippen LogP contribution in [0.2, 0.25) is 0 Å². The zero-order chi connectivity index (χ0) is 19.1.